The predicted molar refractivity (Wildman–Crippen MR) is 79.5 cm³/mol. The van der Waals surface area contributed by atoms with Gasteiger partial charge in [-0.3, -0.25) is 4.79 Å². The van der Waals surface area contributed by atoms with Crippen molar-refractivity contribution in [3.05, 3.63) is 24.3 Å². The molecule has 0 aromatic heterocycles. The third-order valence-electron chi connectivity index (χ3n) is 3.30. The lowest BCUT2D eigenvalue weighted by Gasteiger charge is -2.30. The Hall–Kier alpha value is -1.44. The van der Waals surface area contributed by atoms with Crippen molar-refractivity contribution in [1.82, 2.24) is 4.31 Å². The predicted octanol–water partition coefficient (Wildman–Crippen LogP) is 1.44. The van der Waals surface area contributed by atoms with Gasteiger partial charge in [0.1, 0.15) is 0 Å². The van der Waals surface area contributed by atoms with Gasteiger partial charge in [-0.25, -0.2) is 8.42 Å². The molecule has 1 aliphatic heterocycles. The summed E-state index contributed by atoms with van der Waals surface area (Å²) in [6.07, 6.45) is 0.280. The number of carbonyl (C=O) groups excluding carboxylic acids is 1. The van der Waals surface area contributed by atoms with E-state index in [1.807, 2.05) is 6.92 Å². The number of nitrogens with one attached hydrogen (secondary N) is 1. The van der Waals surface area contributed by atoms with E-state index in [4.69, 9.17) is 4.74 Å². The van der Waals surface area contributed by atoms with Crippen LogP contribution in [-0.2, 0) is 19.6 Å². The fourth-order valence-corrected chi connectivity index (χ4v) is 3.61. The van der Waals surface area contributed by atoms with Gasteiger partial charge in [-0.15, -0.1) is 0 Å². The van der Waals surface area contributed by atoms with Crippen LogP contribution in [0, 0.1) is 0 Å². The van der Waals surface area contributed by atoms with Crippen LogP contribution in [0.5, 0.6) is 0 Å². The highest BCUT2D eigenvalue weighted by Crippen LogP contribution is 2.20. The Labute approximate surface area is 125 Å². The molecular weight excluding hydrogens is 292 g/mol. The standard InChI is InChI=1S/C14H20N2O4S/c1-3-14(17)15-12-4-6-13(7-5-12)21(18,19)16-8-9-20-11(2)10-16/h4-7,11H,3,8-10H2,1-2H3,(H,15,17). The Kier molecular flexibility index (Phi) is 4.97. The van der Waals surface area contributed by atoms with Gasteiger partial charge in [0.05, 0.1) is 17.6 Å². The van der Waals surface area contributed by atoms with Gasteiger partial charge in [-0.2, -0.15) is 4.31 Å². The van der Waals surface area contributed by atoms with Crippen molar-refractivity contribution in [2.45, 2.75) is 31.3 Å². The van der Waals surface area contributed by atoms with E-state index < -0.39 is 10.0 Å². The highest BCUT2D eigenvalue weighted by atomic mass is 32.2. The number of carbonyl (C=O) groups is 1. The van der Waals surface area contributed by atoms with Crippen LogP contribution in [0.15, 0.2) is 29.2 Å². The number of rotatable bonds is 4. The first-order valence-corrected chi connectivity index (χ1v) is 8.39. The van der Waals surface area contributed by atoms with E-state index in [2.05, 4.69) is 5.32 Å². The van der Waals surface area contributed by atoms with Crippen LogP contribution in [0.1, 0.15) is 20.3 Å². The van der Waals surface area contributed by atoms with Crippen molar-refractivity contribution in [3.8, 4) is 0 Å². The second kappa shape index (κ2) is 6.55. The molecule has 1 atom stereocenters. The topological polar surface area (TPSA) is 75.7 Å². The van der Waals surface area contributed by atoms with Gasteiger partial charge in [0.15, 0.2) is 0 Å². The third-order valence-corrected chi connectivity index (χ3v) is 5.18. The SMILES string of the molecule is CCC(=O)Nc1ccc(S(=O)(=O)N2CCOC(C)C2)cc1. The molecule has 0 saturated carbocycles. The molecule has 0 aliphatic carbocycles. The summed E-state index contributed by atoms with van der Waals surface area (Å²) in [4.78, 5) is 11.5. The average Bonchev–Trinajstić information content (AvgIpc) is 2.47. The molecule has 0 bridgehead atoms. The zero-order chi connectivity index (χ0) is 15.5. The molecule has 6 nitrogen and oxygen atoms in total. The Morgan fingerprint density at radius 3 is 2.62 bits per heavy atom. The van der Waals surface area contributed by atoms with Crippen molar-refractivity contribution in [2.24, 2.45) is 0 Å². The lowest BCUT2D eigenvalue weighted by atomic mass is 10.3. The van der Waals surface area contributed by atoms with E-state index in [0.717, 1.165) is 0 Å². The highest BCUT2D eigenvalue weighted by Gasteiger charge is 2.28. The molecule has 116 valence electrons. The number of ether oxygens (including phenoxy) is 1. The molecule has 7 heteroatoms. The Morgan fingerprint density at radius 1 is 1.38 bits per heavy atom. The van der Waals surface area contributed by atoms with Gasteiger partial charge < -0.3 is 10.1 Å². The third kappa shape index (κ3) is 3.81. The summed E-state index contributed by atoms with van der Waals surface area (Å²) in [6, 6.07) is 6.23. The number of amides is 1. The van der Waals surface area contributed by atoms with E-state index >= 15 is 0 Å². The van der Waals surface area contributed by atoms with Gasteiger partial charge in [0.25, 0.3) is 0 Å². The van der Waals surface area contributed by atoms with Crippen molar-refractivity contribution in [2.75, 3.05) is 25.0 Å². The summed E-state index contributed by atoms with van der Waals surface area (Å²) >= 11 is 0. The number of benzene rings is 1. The molecule has 1 fully saturated rings. The minimum atomic E-state index is -3.51. The van der Waals surface area contributed by atoms with Crippen molar-refractivity contribution < 1.29 is 17.9 Å². The Morgan fingerprint density at radius 2 is 2.05 bits per heavy atom. The van der Waals surface area contributed by atoms with E-state index in [0.29, 0.717) is 31.8 Å². The summed E-state index contributed by atoms with van der Waals surface area (Å²) in [6.45, 7) is 4.74. The number of sulfonamides is 1. The second-order valence-electron chi connectivity index (χ2n) is 4.97. The van der Waals surface area contributed by atoms with Crippen LogP contribution in [0.2, 0.25) is 0 Å². The summed E-state index contributed by atoms with van der Waals surface area (Å²) in [5.74, 6) is -0.104. The quantitative estimate of drug-likeness (QED) is 0.913. The van der Waals surface area contributed by atoms with E-state index in [-0.39, 0.29) is 16.9 Å². The van der Waals surface area contributed by atoms with E-state index in [1.54, 1.807) is 19.1 Å². The highest BCUT2D eigenvalue weighted by molar-refractivity contribution is 7.89. The average molecular weight is 312 g/mol. The van der Waals surface area contributed by atoms with Gasteiger partial charge in [0, 0.05) is 25.2 Å². The number of nitrogens with zero attached hydrogens (tertiary/aromatic N) is 1. The first kappa shape index (κ1) is 15.9. The molecule has 1 aliphatic rings. The summed E-state index contributed by atoms with van der Waals surface area (Å²) in [5.41, 5.74) is 0.594. The molecule has 0 radical (unpaired) electrons. The Balaban J connectivity index is 2.15. The molecule has 0 spiro atoms. The van der Waals surface area contributed by atoms with Crippen LogP contribution in [0.4, 0.5) is 5.69 Å². The monoisotopic (exact) mass is 312 g/mol. The maximum absolute atomic E-state index is 12.5. The molecule has 1 aromatic carbocycles. The molecule has 1 unspecified atom stereocenters. The molecule has 1 amide bonds. The van der Waals surface area contributed by atoms with Crippen molar-refractivity contribution in [3.63, 3.8) is 0 Å². The van der Waals surface area contributed by atoms with Gasteiger partial charge in [0.2, 0.25) is 15.9 Å². The smallest absolute Gasteiger partial charge is 0.243 e. The molecular formula is C14H20N2O4S. The second-order valence-corrected chi connectivity index (χ2v) is 6.91. The first-order valence-electron chi connectivity index (χ1n) is 6.95. The fraction of sp³-hybridized carbons (Fsp3) is 0.500. The van der Waals surface area contributed by atoms with Crippen LogP contribution in [0.3, 0.4) is 0 Å². The lowest BCUT2D eigenvalue weighted by Crippen LogP contribution is -2.44. The number of hydrogen-bond acceptors (Lipinski definition) is 4. The van der Waals surface area contributed by atoms with Crippen LogP contribution < -0.4 is 5.32 Å². The molecule has 1 aromatic rings. The number of anilines is 1. The fourth-order valence-electron chi connectivity index (χ4n) is 2.11. The summed E-state index contributed by atoms with van der Waals surface area (Å²) in [5, 5.41) is 2.69. The van der Waals surface area contributed by atoms with Crippen molar-refractivity contribution >= 4 is 21.6 Å². The minimum Gasteiger partial charge on any atom is -0.376 e. The molecule has 21 heavy (non-hydrogen) atoms. The van der Waals surface area contributed by atoms with Crippen LogP contribution in [-0.4, -0.2) is 44.4 Å². The number of hydrogen-bond donors (Lipinski definition) is 1. The zero-order valence-corrected chi connectivity index (χ0v) is 13.0. The minimum absolute atomic E-state index is 0.100. The zero-order valence-electron chi connectivity index (χ0n) is 12.2. The Bertz CT molecular complexity index is 598. The maximum atomic E-state index is 12.5. The van der Waals surface area contributed by atoms with Gasteiger partial charge in [-0.05, 0) is 31.2 Å². The summed E-state index contributed by atoms with van der Waals surface area (Å²) in [7, 11) is -3.51. The molecule has 1 N–H and O–H groups in total. The summed E-state index contributed by atoms with van der Waals surface area (Å²) < 4.78 is 31.8. The normalized spacial score (nSPS) is 20.2. The first-order chi connectivity index (χ1) is 9.93. The van der Waals surface area contributed by atoms with Crippen LogP contribution in [0.25, 0.3) is 0 Å². The molecule has 1 saturated heterocycles. The van der Waals surface area contributed by atoms with Crippen molar-refractivity contribution in [1.29, 1.82) is 0 Å². The lowest BCUT2D eigenvalue weighted by molar-refractivity contribution is -0.115. The van der Waals surface area contributed by atoms with Gasteiger partial charge >= 0.3 is 0 Å². The van der Waals surface area contributed by atoms with Crippen LogP contribution >= 0.6 is 0 Å². The molecule has 2 rings (SSSR count). The number of morpholine rings is 1. The van der Waals surface area contributed by atoms with E-state index in [9.17, 15) is 13.2 Å². The largest absolute Gasteiger partial charge is 0.376 e. The van der Waals surface area contributed by atoms with E-state index in [1.165, 1.54) is 16.4 Å². The van der Waals surface area contributed by atoms with Gasteiger partial charge in [-0.1, -0.05) is 6.92 Å². The maximum Gasteiger partial charge on any atom is 0.243 e. The molecule has 1 heterocycles.